The maximum Gasteiger partial charge on any atom is 0.148 e. The van der Waals surface area contributed by atoms with Gasteiger partial charge in [-0.05, 0) is 31.9 Å². The van der Waals surface area contributed by atoms with Crippen LogP contribution in [0.15, 0.2) is 18.2 Å². The van der Waals surface area contributed by atoms with E-state index in [-0.39, 0.29) is 18.3 Å². The second-order valence-corrected chi connectivity index (χ2v) is 3.61. The lowest BCUT2D eigenvalue weighted by molar-refractivity contribution is 0.282. The molecule has 0 bridgehead atoms. The number of aliphatic hydroxyl groups excluding tert-OH is 1. The molecule has 1 aromatic rings. The van der Waals surface area contributed by atoms with E-state index in [0.29, 0.717) is 5.69 Å². The first kappa shape index (κ1) is 11.8. The van der Waals surface area contributed by atoms with Crippen LogP contribution in [-0.2, 0) is 0 Å². The SMILES string of the molecule is CC(CCCO)Nc1cccc(F)c1N. The number of hydrogen-bond acceptors (Lipinski definition) is 3. The Kier molecular flexibility index (Phi) is 4.37. The average Bonchev–Trinajstić information content (AvgIpc) is 2.22. The molecule has 0 aliphatic carbocycles. The molecular formula is C11H17FN2O. The number of hydrogen-bond donors (Lipinski definition) is 3. The van der Waals surface area contributed by atoms with E-state index >= 15 is 0 Å². The minimum Gasteiger partial charge on any atom is -0.396 e. The number of rotatable bonds is 5. The number of anilines is 2. The second-order valence-electron chi connectivity index (χ2n) is 3.61. The molecule has 15 heavy (non-hydrogen) atoms. The van der Waals surface area contributed by atoms with Crippen LogP contribution in [0.4, 0.5) is 15.8 Å². The molecule has 84 valence electrons. The Morgan fingerprint density at radius 1 is 1.53 bits per heavy atom. The van der Waals surface area contributed by atoms with Crippen molar-refractivity contribution in [2.75, 3.05) is 17.7 Å². The Labute approximate surface area is 89.1 Å². The van der Waals surface area contributed by atoms with Gasteiger partial charge in [-0.25, -0.2) is 4.39 Å². The molecule has 0 aliphatic heterocycles. The zero-order valence-corrected chi connectivity index (χ0v) is 8.83. The van der Waals surface area contributed by atoms with Crippen molar-refractivity contribution in [3.63, 3.8) is 0 Å². The van der Waals surface area contributed by atoms with E-state index in [1.165, 1.54) is 6.07 Å². The van der Waals surface area contributed by atoms with Gasteiger partial charge in [-0.3, -0.25) is 0 Å². The first-order valence-corrected chi connectivity index (χ1v) is 5.06. The number of benzene rings is 1. The number of aliphatic hydroxyl groups is 1. The predicted octanol–water partition coefficient (Wildman–Crippen LogP) is 1.98. The van der Waals surface area contributed by atoms with Crippen molar-refractivity contribution in [2.24, 2.45) is 0 Å². The van der Waals surface area contributed by atoms with Crippen LogP contribution in [0, 0.1) is 5.82 Å². The smallest absolute Gasteiger partial charge is 0.148 e. The molecule has 0 aliphatic rings. The molecule has 3 nitrogen and oxygen atoms in total. The molecule has 4 N–H and O–H groups in total. The maximum absolute atomic E-state index is 13.1. The van der Waals surface area contributed by atoms with Gasteiger partial charge in [0.2, 0.25) is 0 Å². The molecule has 0 heterocycles. The normalized spacial score (nSPS) is 12.5. The minimum atomic E-state index is -0.408. The van der Waals surface area contributed by atoms with E-state index in [0.717, 1.165) is 12.8 Å². The van der Waals surface area contributed by atoms with Crippen molar-refractivity contribution in [1.82, 2.24) is 0 Å². The fourth-order valence-electron chi connectivity index (χ4n) is 1.40. The van der Waals surface area contributed by atoms with E-state index in [4.69, 9.17) is 10.8 Å². The van der Waals surface area contributed by atoms with E-state index in [9.17, 15) is 4.39 Å². The Morgan fingerprint density at radius 3 is 2.93 bits per heavy atom. The molecule has 1 rings (SSSR count). The quantitative estimate of drug-likeness (QED) is 0.654. The monoisotopic (exact) mass is 212 g/mol. The molecule has 1 aromatic carbocycles. The van der Waals surface area contributed by atoms with Crippen molar-refractivity contribution in [3.05, 3.63) is 24.0 Å². The number of nitrogen functional groups attached to an aromatic ring is 1. The third kappa shape index (κ3) is 3.40. The Bertz CT molecular complexity index is 317. The van der Waals surface area contributed by atoms with Gasteiger partial charge in [0.25, 0.3) is 0 Å². The largest absolute Gasteiger partial charge is 0.396 e. The topological polar surface area (TPSA) is 58.3 Å². The zero-order chi connectivity index (χ0) is 11.3. The van der Waals surface area contributed by atoms with E-state index in [1.54, 1.807) is 12.1 Å². The second kappa shape index (κ2) is 5.56. The van der Waals surface area contributed by atoms with Crippen LogP contribution < -0.4 is 11.1 Å². The highest BCUT2D eigenvalue weighted by Gasteiger charge is 2.07. The molecule has 1 atom stereocenters. The van der Waals surface area contributed by atoms with Crippen LogP contribution in [0.2, 0.25) is 0 Å². The first-order chi connectivity index (χ1) is 7.15. The van der Waals surface area contributed by atoms with Gasteiger partial charge in [0, 0.05) is 12.6 Å². The van der Waals surface area contributed by atoms with Crippen molar-refractivity contribution in [2.45, 2.75) is 25.8 Å². The van der Waals surface area contributed by atoms with E-state index < -0.39 is 5.82 Å². The summed E-state index contributed by atoms with van der Waals surface area (Å²) >= 11 is 0. The van der Waals surface area contributed by atoms with E-state index in [1.807, 2.05) is 6.92 Å². The van der Waals surface area contributed by atoms with Crippen LogP contribution in [0.5, 0.6) is 0 Å². The van der Waals surface area contributed by atoms with Crippen LogP contribution in [0.25, 0.3) is 0 Å². The third-order valence-corrected chi connectivity index (χ3v) is 2.25. The Morgan fingerprint density at radius 2 is 2.27 bits per heavy atom. The van der Waals surface area contributed by atoms with Gasteiger partial charge in [-0.15, -0.1) is 0 Å². The lowest BCUT2D eigenvalue weighted by Gasteiger charge is -2.16. The number of nitrogens with one attached hydrogen (secondary N) is 1. The molecule has 0 saturated heterocycles. The first-order valence-electron chi connectivity index (χ1n) is 5.06. The fourth-order valence-corrected chi connectivity index (χ4v) is 1.40. The highest BCUT2D eigenvalue weighted by molar-refractivity contribution is 5.66. The average molecular weight is 212 g/mol. The van der Waals surface area contributed by atoms with Gasteiger partial charge in [0.05, 0.1) is 11.4 Å². The summed E-state index contributed by atoms with van der Waals surface area (Å²) in [6.07, 6.45) is 1.55. The Hall–Kier alpha value is -1.29. The molecule has 4 heteroatoms. The van der Waals surface area contributed by atoms with Crippen LogP contribution in [0.3, 0.4) is 0 Å². The molecule has 0 saturated carbocycles. The van der Waals surface area contributed by atoms with Crippen molar-refractivity contribution < 1.29 is 9.50 Å². The summed E-state index contributed by atoms with van der Waals surface area (Å²) in [5, 5.41) is 11.8. The van der Waals surface area contributed by atoms with Crippen LogP contribution in [-0.4, -0.2) is 17.8 Å². The zero-order valence-electron chi connectivity index (χ0n) is 8.83. The van der Waals surface area contributed by atoms with E-state index in [2.05, 4.69) is 5.32 Å². The highest BCUT2D eigenvalue weighted by atomic mass is 19.1. The Balaban J connectivity index is 2.60. The van der Waals surface area contributed by atoms with Crippen molar-refractivity contribution >= 4 is 11.4 Å². The van der Waals surface area contributed by atoms with Gasteiger partial charge in [-0.2, -0.15) is 0 Å². The van der Waals surface area contributed by atoms with Crippen LogP contribution >= 0.6 is 0 Å². The van der Waals surface area contributed by atoms with Gasteiger partial charge < -0.3 is 16.2 Å². The summed E-state index contributed by atoms with van der Waals surface area (Å²) < 4.78 is 13.1. The molecule has 0 spiro atoms. The number of halogens is 1. The van der Waals surface area contributed by atoms with Gasteiger partial charge in [0.1, 0.15) is 5.82 Å². The summed E-state index contributed by atoms with van der Waals surface area (Å²) in [6, 6.07) is 4.86. The summed E-state index contributed by atoms with van der Waals surface area (Å²) in [5.74, 6) is -0.408. The maximum atomic E-state index is 13.1. The number of para-hydroxylation sites is 1. The highest BCUT2D eigenvalue weighted by Crippen LogP contribution is 2.22. The minimum absolute atomic E-state index is 0.147. The molecule has 0 radical (unpaired) electrons. The summed E-state index contributed by atoms with van der Waals surface area (Å²) in [4.78, 5) is 0. The number of nitrogens with two attached hydrogens (primary N) is 1. The standard InChI is InChI=1S/C11H17FN2O/c1-8(4-3-7-15)14-10-6-2-5-9(12)11(10)13/h2,5-6,8,14-15H,3-4,7,13H2,1H3. The van der Waals surface area contributed by atoms with Gasteiger partial charge in [-0.1, -0.05) is 6.07 Å². The molecule has 0 aromatic heterocycles. The lowest BCUT2D eigenvalue weighted by Crippen LogP contribution is -2.16. The molecule has 1 unspecified atom stereocenters. The molecular weight excluding hydrogens is 195 g/mol. The summed E-state index contributed by atoms with van der Waals surface area (Å²) in [6.45, 7) is 2.14. The van der Waals surface area contributed by atoms with Crippen LogP contribution in [0.1, 0.15) is 19.8 Å². The van der Waals surface area contributed by atoms with Gasteiger partial charge in [0.15, 0.2) is 0 Å². The summed E-state index contributed by atoms with van der Waals surface area (Å²) in [7, 11) is 0. The third-order valence-electron chi connectivity index (χ3n) is 2.25. The molecule has 0 amide bonds. The lowest BCUT2D eigenvalue weighted by atomic mass is 10.1. The summed E-state index contributed by atoms with van der Waals surface area (Å²) in [5.41, 5.74) is 6.33. The fraction of sp³-hybridized carbons (Fsp3) is 0.455. The molecule has 0 fully saturated rings. The predicted molar refractivity (Wildman–Crippen MR) is 60.2 cm³/mol. The van der Waals surface area contributed by atoms with Crippen molar-refractivity contribution in [1.29, 1.82) is 0 Å². The van der Waals surface area contributed by atoms with Gasteiger partial charge >= 0.3 is 0 Å². The van der Waals surface area contributed by atoms with Crippen molar-refractivity contribution in [3.8, 4) is 0 Å².